The zero-order valence-corrected chi connectivity index (χ0v) is 19.1. The number of aryl methyl sites for hydroxylation is 1. The van der Waals surface area contributed by atoms with Crippen molar-refractivity contribution in [3.05, 3.63) is 64.5 Å². The van der Waals surface area contributed by atoms with Crippen LogP contribution in [0.2, 0.25) is 5.02 Å². The fourth-order valence-electron chi connectivity index (χ4n) is 3.47. The SMILES string of the molecule is O=C(CCc1ccc(S(=O)(=O)N2CCCC2)cc1)Nc1nc(-c2ccccc2Cl)cs1. The topological polar surface area (TPSA) is 79.4 Å². The summed E-state index contributed by atoms with van der Waals surface area (Å²) in [4.78, 5) is 17.1. The van der Waals surface area contributed by atoms with Crippen molar-refractivity contribution in [1.29, 1.82) is 0 Å². The highest BCUT2D eigenvalue weighted by Crippen LogP contribution is 2.30. The van der Waals surface area contributed by atoms with Gasteiger partial charge in [0.2, 0.25) is 15.9 Å². The van der Waals surface area contributed by atoms with Crippen molar-refractivity contribution in [1.82, 2.24) is 9.29 Å². The molecule has 31 heavy (non-hydrogen) atoms. The van der Waals surface area contributed by atoms with Crippen molar-refractivity contribution >= 4 is 44.0 Å². The number of hydrogen-bond donors (Lipinski definition) is 1. The number of halogens is 1. The highest BCUT2D eigenvalue weighted by molar-refractivity contribution is 7.89. The van der Waals surface area contributed by atoms with Crippen LogP contribution in [0.15, 0.2) is 58.8 Å². The molecule has 0 spiro atoms. The molecule has 0 unspecified atom stereocenters. The third-order valence-electron chi connectivity index (χ3n) is 5.17. The molecular weight excluding hydrogens is 454 g/mol. The first-order valence-electron chi connectivity index (χ1n) is 10.0. The number of amides is 1. The van der Waals surface area contributed by atoms with Crippen LogP contribution in [0.1, 0.15) is 24.8 Å². The van der Waals surface area contributed by atoms with Gasteiger partial charge in [-0.05, 0) is 43.0 Å². The molecule has 1 fully saturated rings. The Bertz CT molecular complexity index is 1170. The van der Waals surface area contributed by atoms with Crippen molar-refractivity contribution in [2.75, 3.05) is 18.4 Å². The van der Waals surface area contributed by atoms with Crippen LogP contribution in [0, 0.1) is 0 Å². The number of nitrogens with zero attached hydrogens (tertiary/aromatic N) is 2. The maximum atomic E-state index is 12.6. The molecule has 0 saturated carbocycles. The Labute approximate surface area is 190 Å². The summed E-state index contributed by atoms with van der Waals surface area (Å²) >= 11 is 7.55. The Hall–Kier alpha value is -2.26. The lowest BCUT2D eigenvalue weighted by Gasteiger charge is -2.15. The van der Waals surface area contributed by atoms with E-state index in [2.05, 4.69) is 10.3 Å². The number of rotatable bonds is 7. The molecule has 0 atom stereocenters. The molecule has 162 valence electrons. The number of aromatic nitrogens is 1. The average molecular weight is 476 g/mol. The zero-order chi connectivity index (χ0) is 21.8. The zero-order valence-electron chi connectivity index (χ0n) is 16.8. The molecule has 0 bridgehead atoms. The van der Waals surface area contributed by atoms with E-state index < -0.39 is 10.0 Å². The van der Waals surface area contributed by atoms with Crippen LogP contribution in [0.5, 0.6) is 0 Å². The van der Waals surface area contributed by atoms with Gasteiger partial charge in [-0.3, -0.25) is 4.79 Å². The lowest BCUT2D eigenvalue weighted by molar-refractivity contribution is -0.116. The normalized spacial score (nSPS) is 14.6. The molecule has 0 aliphatic carbocycles. The molecule has 1 amide bonds. The summed E-state index contributed by atoms with van der Waals surface area (Å²) in [6.45, 7) is 1.17. The predicted molar refractivity (Wildman–Crippen MR) is 124 cm³/mol. The van der Waals surface area contributed by atoms with Crippen LogP contribution in [0.25, 0.3) is 11.3 Å². The molecule has 1 aliphatic heterocycles. The van der Waals surface area contributed by atoms with Gasteiger partial charge < -0.3 is 5.32 Å². The van der Waals surface area contributed by atoms with Gasteiger partial charge >= 0.3 is 0 Å². The Kier molecular flexibility index (Phi) is 6.71. The molecule has 2 aromatic carbocycles. The van der Waals surface area contributed by atoms with Crippen LogP contribution < -0.4 is 5.32 Å². The molecular formula is C22H22ClN3O3S2. The molecule has 2 heterocycles. The third kappa shape index (κ3) is 5.15. The maximum absolute atomic E-state index is 12.6. The van der Waals surface area contributed by atoms with E-state index in [9.17, 15) is 13.2 Å². The molecule has 1 N–H and O–H groups in total. The monoisotopic (exact) mass is 475 g/mol. The standard InChI is InChI=1S/C22H22ClN3O3S2/c23-19-6-2-1-5-18(19)20-15-30-22(24-20)25-21(27)12-9-16-7-10-17(11-8-16)31(28,29)26-13-3-4-14-26/h1-2,5-8,10-11,15H,3-4,9,12-14H2,(H,24,25,27). The second kappa shape index (κ2) is 9.48. The highest BCUT2D eigenvalue weighted by atomic mass is 35.5. The largest absolute Gasteiger partial charge is 0.302 e. The van der Waals surface area contributed by atoms with E-state index >= 15 is 0 Å². The Morgan fingerprint density at radius 2 is 1.81 bits per heavy atom. The number of thiazole rings is 1. The summed E-state index contributed by atoms with van der Waals surface area (Å²) in [6, 6.07) is 14.2. The van der Waals surface area contributed by atoms with Crippen LogP contribution in [0.4, 0.5) is 5.13 Å². The minimum atomic E-state index is -3.41. The minimum absolute atomic E-state index is 0.145. The average Bonchev–Trinajstić information content (AvgIpc) is 3.46. The van der Waals surface area contributed by atoms with Crippen molar-refractivity contribution < 1.29 is 13.2 Å². The van der Waals surface area contributed by atoms with Crippen molar-refractivity contribution in [3.8, 4) is 11.3 Å². The van der Waals surface area contributed by atoms with Crippen LogP contribution in [-0.2, 0) is 21.2 Å². The fraction of sp³-hybridized carbons (Fsp3) is 0.273. The Balaban J connectivity index is 1.33. The fourth-order valence-corrected chi connectivity index (χ4v) is 5.95. The van der Waals surface area contributed by atoms with E-state index in [-0.39, 0.29) is 12.3 Å². The number of hydrogen-bond acceptors (Lipinski definition) is 5. The van der Waals surface area contributed by atoms with E-state index in [0.29, 0.717) is 34.6 Å². The van der Waals surface area contributed by atoms with E-state index in [4.69, 9.17) is 11.6 Å². The number of anilines is 1. The predicted octanol–water partition coefficient (Wildman–Crippen LogP) is 4.82. The second-order valence-electron chi connectivity index (χ2n) is 7.32. The van der Waals surface area contributed by atoms with Crippen molar-refractivity contribution in [3.63, 3.8) is 0 Å². The van der Waals surface area contributed by atoms with E-state index in [1.54, 1.807) is 30.3 Å². The first-order chi connectivity index (χ1) is 14.9. The minimum Gasteiger partial charge on any atom is -0.302 e. The number of carbonyl (C=O) groups is 1. The molecule has 3 aromatic rings. The summed E-state index contributed by atoms with van der Waals surface area (Å²) in [5.74, 6) is -0.145. The van der Waals surface area contributed by atoms with Gasteiger partial charge in [-0.25, -0.2) is 13.4 Å². The van der Waals surface area contributed by atoms with Crippen molar-refractivity contribution in [2.24, 2.45) is 0 Å². The number of sulfonamides is 1. The summed E-state index contributed by atoms with van der Waals surface area (Å²) in [6.07, 6.45) is 2.61. The van der Waals surface area contributed by atoms with Crippen LogP contribution >= 0.6 is 22.9 Å². The molecule has 0 radical (unpaired) electrons. The van der Waals surface area contributed by atoms with Gasteiger partial charge in [0.05, 0.1) is 10.6 Å². The first-order valence-corrected chi connectivity index (χ1v) is 12.7. The van der Waals surface area contributed by atoms with Crippen LogP contribution in [0.3, 0.4) is 0 Å². The lowest BCUT2D eigenvalue weighted by Crippen LogP contribution is -2.27. The molecule has 1 saturated heterocycles. The van der Waals surface area contributed by atoms with Gasteiger partial charge in [-0.1, -0.05) is 41.9 Å². The Morgan fingerprint density at radius 1 is 1.10 bits per heavy atom. The Morgan fingerprint density at radius 3 is 2.52 bits per heavy atom. The number of nitrogens with one attached hydrogen (secondary N) is 1. The smallest absolute Gasteiger partial charge is 0.243 e. The molecule has 4 rings (SSSR count). The quantitative estimate of drug-likeness (QED) is 0.531. The second-order valence-corrected chi connectivity index (χ2v) is 10.5. The van der Waals surface area contributed by atoms with Crippen LogP contribution in [-0.4, -0.2) is 36.7 Å². The van der Waals surface area contributed by atoms with Gasteiger partial charge in [0.1, 0.15) is 0 Å². The highest BCUT2D eigenvalue weighted by Gasteiger charge is 2.26. The van der Waals surface area contributed by atoms with E-state index in [1.165, 1.54) is 15.6 Å². The first kappa shape index (κ1) is 22.0. The van der Waals surface area contributed by atoms with Gasteiger partial charge in [-0.2, -0.15) is 4.31 Å². The molecule has 9 heteroatoms. The van der Waals surface area contributed by atoms with Gasteiger partial charge in [0.25, 0.3) is 0 Å². The maximum Gasteiger partial charge on any atom is 0.243 e. The van der Waals surface area contributed by atoms with Gasteiger partial charge in [-0.15, -0.1) is 11.3 Å². The molecule has 6 nitrogen and oxygen atoms in total. The van der Waals surface area contributed by atoms with Gasteiger partial charge in [0, 0.05) is 35.5 Å². The molecule has 1 aromatic heterocycles. The number of carbonyl (C=O) groups excluding carboxylic acids is 1. The van der Waals surface area contributed by atoms with Gasteiger partial charge in [0.15, 0.2) is 5.13 Å². The summed E-state index contributed by atoms with van der Waals surface area (Å²) in [5, 5.41) is 5.81. The lowest BCUT2D eigenvalue weighted by atomic mass is 10.1. The summed E-state index contributed by atoms with van der Waals surface area (Å²) < 4.78 is 26.7. The summed E-state index contributed by atoms with van der Waals surface area (Å²) in [7, 11) is -3.41. The van der Waals surface area contributed by atoms with E-state index in [0.717, 1.165) is 29.7 Å². The molecule has 1 aliphatic rings. The number of benzene rings is 2. The summed E-state index contributed by atoms with van der Waals surface area (Å²) in [5.41, 5.74) is 2.46. The third-order valence-corrected chi connectivity index (χ3v) is 8.17. The van der Waals surface area contributed by atoms with E-state index in [1.807, 2.05) is 23.6 Å². The van der Waals surface area contributed by atoms with Crippen molar-refractivity contribution in [2.45, 2.75) is 30.6 Å².